The zero-order valence-electron chi connectivity index (χ0n) is 9.69. The van der Waals surface area contributed by atoms with E-state index in [0.717, 1.165) is 34.6 Å². The van der Waals surface area contributed by atoms with Crippen LogP contribution in [0, 0.1) is 11.2 Å². The number of halogens is 3. The maximum Gasteiger partial charge on any atom is 0.126 e. The average Bonchev–Trinajstić information content (AvgIpc) is 2.24. The monoisotopic (exact) mass is 350 g/mol. The van der Waals surface area contributed by atoms with E-state index in [1.165, 1.54) is 6.07 Å². The van der Waals surface area contributed by atoms with Gasteiger partial charge in [-0.05, 0) is 42.0 Å². The fourth-order valence-corrected chi connectivity index (χ4v) is 2.83. The largest absolute Gasteiger partial charge is 0.207 e. The standard InChI is InChI=1S/C13H17Br2F/c1-3-6-13(2,9-14)8-10-7-11(15)4-5-12(10)16/h4-5,7H,3,6,8-9H2,1-2H3. The number of hydrogen-bond donors (Lipinski definition) is 0. The Morgan fingerprint density at radius 3 is 2.62 bits per heavy atom. The van der Waals surface area contributed by atoms with Gasteiger partial charge in [-0.2, -0.15) is 0 Å². The third-order valence-electron chi connectivity index (χ3n) is 2.80. The fourth-order valence-electron chi connectivity index (χ4n) is 1.94. The molecule has 0 aliphatic carbocycles. The average molecular weight is 352 g/mol. The van der Waals surface area contributed by atoms with Crippen LogP contribution in [0.2, 0.25) is 0 Å². The Hall–Kier alpha value is 0.110. The van der Waals surface area contributed by atoms with E-state index in [4.69, 9.17) is 0 Å². The Morgan fingerprint density at radius 1 is 1.38 bits per heavy atom. The molecule has 0 nitrogen and oxygen atoms in total. The summed E-state index contributed by atoms with van der Waals surface area (Å²) in [5.41, 5.74) is 0.931. The van der Waals surface area contributed by atoms with Gasteiger partial charge >= 0.3 is 0 Å². The second-order valence-corrected chi connectivity index (χ2v) is 6.08. The highest BCUT2D eigenvalue weighted by Gasteiger charge is 2.23. The molecule has 0 heterocycles. The minimum absolute atomic E-state index is 0.105. The van der Waals surface area contributed by atoms with Crippen molar-refractivity contribution in [3.8, 4) is 0 Å². The van der Waals surface area contributed by atoms with Crippen molar-refractivity contribution in [2.75, 3.05) is 5.33 Å². The van der Waals surface area contributed by atoms with Gasteiger partial charge < -0.3 is 0 Å². The third kappa shape index (κ3) is 3.85. The molecule has 0 aliphatic rings. The number of benzene rings is 1. The fraction of sp³-hybridized carbons (Fsp3) is 0.538. The van der Waals surface area contributed by atoms with E-state index in [1.807, 2.05) is 6.07 Å². The molecule has 1 atom stereocenters. The Kier molecular flexibility index (Phi) is 5.45. The Bertz CT molecular complexity index is 352. The minimum Gasteiger partial charge on any atom is -0.207 e. The van der Waals surface area contributed by atoms with E-state index in [0.29, 0.717) is 0 Å². The lowest BCUT2D eigenvalue weighted by Crippen LogP contribution is -2.21. The molecule has 0 aliphatic heterocycles. The number of alkyl halides is 1. The van der Waals surface area contributed by atoms with E-state index in [-0.39, 0.29) is 11.2 Å². The van der Waals surface area contributed by atoms with Gasteiger partial charge in [-0.3, -0.25) is 0 Å². The molecule has 0 spiro atoms. The smallest absolute Gasteiger partial charge is 0.126 e. The molecule has 1 rings (SSSR count). The maximum absolute atomic E-state index is 13.6. The summed E-state index contributed by atoms with van der Waals surface area (Å²) < 4.78 is 14.6. The molecule has 3 heteroatoms. The first-order chi connectivity index (χ1) is 7.50. The van der Waals surface area contributed by atoms with Crippen molar-refractivity contribution < 1.29 is 4.39 Å². The first-order valence-corrected chi connectivity index (χ1v) is 7.42. The lowest BCUT2D eigenvalue weighted by Gasteiger charge is -2.27. The molecule has 0 radical (unpaired) electrons. The molecular formula is C13H17Br2F. The summed E-state index contributed by atoms with van der Waals surface area (Å²) in [6, 6.07) is 5.15. The summed E-state index contributed by atoms with van der Waals surface area (Å²) in [7, 11) is 0. The van der Waals surface area contributed by atoms with Crippen LogP contribution in [0.5, 0.6) is 0 Å². The summed E-state index contributed by atoms with van der Waals surface area (Å²) in [5.74, 6) is -0.105. The van der Waals surface area contributed by atoms with Crippen LogP contribution < -0.4 is 0 Å². The Balaban J connectivity index is 2.89. The van der Waals surface area contributed by atoms with Crippen molar-refractivity contribution in [1.29, 1.82) is 0 Å². The van der Waals surface area contributed by atoms with E-state index in [2.05, 4.69) is 45.7 Å². The summed E-state index contributed by atoms with van der Waals surface area (Å²) >= 11 is 6.93. The quantitative estimate of drug-likeness (QED) is 0.629. The van der Waals surface area contributed by atoms with Gasteiger partial charge in [0, 0.05) is 9.80 Å². The van der Waals surface area contributed by atoms with Crippen molar-refractivity contribution >= 4 is 31.9 Å². The van der Waals surface area contributed by atoms with Crippen LogP contribution in [0.25, 0.3) is 0 Å². The highest BCUT2D eigenvalue weighted by atomic mass is 79.9. The predicted molar refractivity (Wildman–Crippen MR) is 74.6 cm³/mol. The van der Waals surface area contributed by atoms with Crippen molar-refractivity contribution in [3.05, 3.63) is 34.1 Å². The molecule has 0 N–H and O–H groups in total. The van der Waals surface area contributed by atoms with Gasteiger partial charge in [-0.1, -0.05) is 52.1 Å². The van der Waals surface area contributed by atoms with Gasteiger partial charge in [0.2, 0.25) is 0 Å². The highest BCUT2D eigenvalue weighted by Crippen LogP contribution is 2.32. The van der Waals surface area contributed by atoms with Gasteiger partial charge in [0.05, 0.1) is 0 Å². The molecule has 1 aromatic rings. The Labute approximate surface area is 114 Å². The molecule has 1 unspecified atom stereocenters. The first kappa shape index (κ1) is 14.2. The van der Waals surface area contributed by atoms with Crippen LogP contribution in [0.3, 0.4) is 0 Å². The van der Waals surface area contributed by atoms with Crippen molar-refractivity contribution in [2.45, 2.75) is 33.1 Å². The zero-order valence-corrected chi connectivity index (χ0v) is 12.9. The summed E-state index contributed by atoms with van der Waals surface area (Å²) in [6.45, 7) is 4.36. The number of rotatable bonds is 5. The van der Waals surface area contributed by atoms with Crippen LogP contribution in [-0.2, 0) is 6.42 Å². The first-order valence-electron chi connectivity index (χ1n) is 5.50. The molecule has 16 heavy (non-hydrogen) atoms. The van der Waals surface area contributed by atoms with Crippen molar-refractivity contribution in [1.82, 2.24) is 0 Å². The van der Waals surface area contributed by atoms with Gasteiger partial charge in [-0.15, -0.1) is 0 Å². The molecule has 0 saturated carbocycles. The SMILES string of the molecule is CCCC(C)(CBr)Cc1cc(Br)ccc1F. The van der Waals surface area contributed by atoms with Crippen LogP contribution in [0.15, 0.2) is 22.7 Å². The van der Waals surface area contributed by atoms with Gasteiger partial charge in [0.25, 0.3) is 0 Å². The van der Waals surface area contributed by atoms with E-state index < -0.39 is 0 Å². The van der Waals surface area contributed by atoms with Gasteiger partial charge in [-0.25, -0.2) is 4.39 Å². The van der Waals surface area contributed by atoms with E-state index in [9.17, 15) is 4.39 Å². The van der Waals surface area contributed by atoms with Crippen molar-refractivity contribution in [3.63, 3.8) is 0 Å². The van der Waals surface area contributed by atoms with E-state index >= 15 is 0 Å². The second kappa shape index (κ2) is 6.15. The molecule has 0 amide bonds. The zero-order chi connectivity index (χ0) is 12.2. The molecular weight excluding hydrogens is 335 g/mol. The van der Waals surface area contributed by atoms with Crippen LogP contribution >= 0.6 is 31.9 Å². The second-order valence-electron chi connectivity index (χ2n) is 4.61. The Morgan fingerprint density at radius 2 is 2.06 bits per heavy atom. The normalized spacial score (nSPS) is 14.8. The third-order valence-corrected chi connectivity index (χ3v) is 4.65. The molecule has 1 aromatic carbocycles. The van der Waals surface area contributed by atoms with Gasteiger partial charge in [0.15, 0.2) is 0 Å². The van der Waals surface area contributed by atoms with E-state index in [1.54, 1.807) is 6.07 Å². The predicted octanol–water partition coefficient (Wildman–Crippen LogP) is 5.33. The highest BCUT2D eigenvalue weighted by molar-refractivity contribution is 9.10. The van der Waals surface area contributed by atoms with Crippen LogP contribution in [0.1, 0.15) is 32.3 Å². The molecule has 0 aromatic heterocycles. The van der Waals surface area contributed by atoms with Crippen LogP contribution in [0.4, 0.5) is 4.39 Å². The topological polar surface area (TPSA) is 0 Å². The van der Waals surface area contributed by atoms with Crippen molar-refractivity contribution in [2.24, 2.45) is 5.41 Å². The molecule has 0 fully saturated rings. The lowest BCUT2D eigenvalue weighted by atomic mass is 9.81. The summed E-state index contributed by atoms with van der Waals surface area (Å²) in [5, 5.41) is 0.903. The minimum atomic E-state index is -0.105. The summed E-state index contributed by atoms with van der Waals surface area (Å²) in [4.78, 5) is 0. The number of hydrogen-bond acceptors (Lipinski definition) is 0. The lowest BCUT2D eigenvalue weighted by molar-refractivity contribution is 0.335. The molecule has 0 saturated heterocycles. The molecule has 90 valence electrons. The van der Waals surface area contributed by atoms with Gasteiger partial charge in [0.1, 0.15) is 5.82 Å². The maximum atomic E-state index is 13.6. The van der Waals surface area contributed by atoms with Crippen LogP contribution in [-0.4, -0.2) is 5.33 Å². The molecule has 0 bridgehead atoms. The summed E-state index contributed by atoms with van der Waals surface area (Å²) in [6.07, 6.45) is 3.00.